The maximum Gasteiger partial charge on any atom is 0.0730 e. The topological polar surface area (TPSA) is 34.1 Å². The van der Waals surface area contributed by atoms with Crippen LogP contribution >= 0.6 is 0 Å². The van der Waals surface area contributed by atoms with Crippen molar-refractivity contribution < 1.29 is 4.74 Å². The molecule has 1 unspecified atom stereocenters. The van der Waals surface area contributed by atoms with E-state index in [1.165, 1.54) is 10.9 Å². The number of aryl methyl sites for hydroxylation is 1. The number of pyridine rings is 1. The largest absolute Gasteiger partial charge is 0.377 e. The van der Waals surface area contributed by atoms with Crippen molar-refractivity contribution in [3.05, 3.63) is 41.6 Å². The molecule has 1 aromatic heterocycles. The number of benzene rings is 1. The highest BCUT2D eigenvalue weighted by Gasteiger charge is 2.13. The number of para-hydroxylation sites is 1. The molecule has 1 N–H and O–H groups in total. The predicted octanol–water partition coefficient (Wildman–Crippen LogP) is 3.23. The summed E-state index contributed by atoms with van der Waals surface area (Å²) in [6.45, 7) is 6.86. The lowest BCUT2D eigenvalue weighted by atomic mass is 10.1. The van der Waals surface area contributed by atoms with Crippen LogP contribution in [0.5, 0.6) is 0 Å². The molecule has 102 valence electrons. The fourth-order valence-electron chi connectivity index (χ4n) is 2.16. The van der Waals surface area contributed by atoms with Crippen LogP contribution in [0.4, 0.5) is 0 Å². The first-order valence-electron chi connectivity index (χ1n) is 6.77. The molecule has 0 fully saturated rings. The van der Waals surface area contributed by atoms with Crippen molar-refractivity contribution >= 4 is 10.9 Å². The number of aromatic nitrogens is 1. The third-order valence-corrected chi connectivity index (χ3v) is 3.24. The Labute approximate surface area is 115 Å². The number of likely N-dealkylation sites (N-methyl/N-ethyl adjacent to an activating group) is 1. The fourth-order valence-corrected chi connectivity index (χ4v) is 2.16. The quantitative estimate of drug-likeness (QED) is 0.894. The molecule has 0 amide bonds. The first-order chi connectivity index (χ1) is 9.11. The lowest BCUT2D eigenvalue weighted by Crippen LogP contribution is -2.24. The van der Waals surface area contributed by atoms with Crippen LogP contribution in [-0.2, 0) is 4.74 Å². The Morgan fingerprint density at radius 3 is 2.68 bits per heavy atom. The standard InChI is InChI=1S/C16H22N2O/c1-11(2)19-10-16(17-4)15-9-12(3)13-7-5-6-8-14(13)18-15/h5-9,11,16-17H,10H2,1-4H3. The second-order valence-corrected chi connectivity index (χ2v) is 5.10. The van der Waals surface area contributed by atoms with E-state index < -0.39 is 0 Å². The van der Waals surface area contributed by atoms with Gasteiger partial charge < -0.3 is 10.1 Å². The zero-order chi connectivity index (χ0) is 13.8. The van der Waals surface area contributed by atoms with E-state index >= 15 is 0 Å². The third kappa shape index (κ3) is 3.31. The fraction of sp³-hybridized carbons (Fsp3) is 0.438. The zero-order valence-electron chi connectivity index (χ0n) is 12.1. The van der Waals surface area contributed by atoms with E-state index in [1.54, 1.807) is 0 Å². The molecule has 1 atom stereocenters. The van der Waals surface area contributed by atoms with Gasteiger partial charge in [0.1, 0.15) is 0 Å². The maximum atomic E-state index is 5.70. The van der Waals surface area contributed by atoms with Gasteiger partial charge in [-0.15, -0.1) is 0 Å². The molecule has 2 aromatic rings. The molecule has 0 saturated carbocycles. The van der Waals surface area contributed by atoms with Crippen LogP contribution in [0.25, 0.3) is 10.9 Å². The Morgan fingerprint density at radius 2 is 2.00 bits per heavy atom. The molecule has 0 radical (unpaired) electrons. The van der Waals surface area contributed by atoms with Gasteiger partial charge in [-0.05, 0) is 45.5 Å². The van der Waals surface area contributed by atoms with Crippen LogP contribution in [0.3, 0.4) is 0 Å². The Hall–Kier alpha value is -1.45. The summed E-state index contributed by atoms with van der Waals surface area (Å²) in [7, 11) is 1.94. The average Bonchev–Trinajstić information content (AvgIpc) is 2.39. The van der Waals surface area contributed by atoms with Gasteiger partial charge >= 0.3 is 0 Å². The van der Waals surface area contributed by atoms with Crippen molar-refractivity contribution in [3.63, 3.8) is 0 Å². The molecule has 0 aliphatic carbocycles. The summed E-state index contributed by atoms with van der Waals surface area (Å²) in [6, 6.07) is 10.5. The van der Waals surface area contributed by atoms with Gasteiger partial charge in [-0.25, -0.2) is 0 Å². The van der Waals surface area contributed by atoms with E-state index in [1.807, 2.05) is 33.0 Å². The molecule has 2 rings (SSSR count). The van der Waals surface area contributed by atoms with Crippen LogP contribution < -0.4 is 5.32 Å². The molecular weight excluding hydrogens is 236 g/mol. The van der Waals surface area contributed by atoms with E-state index in [4.69, 9.17) is 9.72 Å². The highest BCUT2D eigenvalue weighted by Crippen LogP contribution is 2.21. The smallest absolute Gasteiger partial charge is 0.0730 e. The third-order valence-electron chi connectivity index (χ3n) is 3.24. The minimum absolute atomic E-state index is 0.130. The highest BCUT2D eigenvalue weighted by atomic mass is 16.5. The summed E-state index contributed by atoms with van der Waals surface area (Å²) < 4.78 is 5.70. The normalized spacial score (nSPS) is 13.1. The van der Waals surface area contributed by atoms with E-state index in [2.05, 4.69) is 30.4 Å². The number of nitrogens with zero attached hydrogens (tertiary/aromatic N) is 1. The van der Waals surface area contributed by atoms with Crippen LogP contribution in [-0.4, -0.2) is 24.7 Å². The second-order valence-electron chi connectivity index (χ2n) is 5.10. The van der Waals surface area contributed by atoms with Crippen LogP contribution in [0.15, 0.2) is 30.3 Å². The summed E-state index contributed by atoms with van der Waals surface area (Å²) in [6.07, 6.45) is 0.234. The molecule has 0 bridgehead atoms. The van der Waals surface area contributed by atoms with Crippen LogP contribution in [0.1, 0.15) is 31.1 Å². The minimum Gasteiger partial charge on any atom is -0.377 e. The van der Waals surface area contributed by atoms with Gasteiger partial charge in [0.2, 0.25) is 0 Å². The summed E-state index contributed by atoms with van der Waals surface area (Å²) in [5.41, 5.74) is 3.34. The van der Waals surface area contributed by atoms with Gasteiger partial charge in [0.05, 0.1) is 30.0 Å². The highest BCUT2D eigenvalue weighted by molar-refractivity contribution is 5.82. The SMILES string of the molecule is CNC(COC(C)C)c1cc(C)c2ccccc2n1. The first-order valence-corrected chi connectivity index (χ1v) is 6.77. The molecule has 3 heteroatoms. The molecule has 0 aliphatic rings. The van der Waals surface area contributed by atoms with Gasteiger partial charge in [0.25, 0.3) is 0 Å². The number of fused-ring (bicyclic) bond motifs is 1. The summed E-state index contributed by atoms with van der Waals surface area (Å²) >= 11 is 0. The Morgan fingerprint density at radius 1 is 1.26 bits per heavy atom. The average molecular weight is 258 g/mol. The molecule has 0 spiro atoms. The van der Waals surface area contributed by atoms with E-state index in [0.717, 1.165) is 11.2 Å². The number of nitrogens with one attached hydrogen (secondary N) is 1. The van der Waals surface area contributed by atoms with Crippen molar-refractivity contribution in [2.45, 2.75) is 32.9 Å². The Kier molecular flexibility index (Phi) is 4.51. The van der Waals surface area contributed by atoms with Gasteiger partial charge in [-0.3, -0.25) is 4.98 Å². The Bertz CT molecular complexity index is 551. The molecule has 1 heterocycles. The monoisotopic (exact) mass is 258 g/mol. The number of hydrogen-bond donors (Lipinski definition) is 1. The minimum atomic E-state index is 0.130. The van der Waals surface area contributed by atoms with E-state index in [0.29, 0.717) is 6.61 Å². The lowest BCUT2D eigenvalue weighted by Gasteiger charge is -2.18. The van der Waals surface area contributed by atoms with Gasteiger partial charge in [0, 0.05) is 5.39 Å². The van der Waals surface area contributed by atoms with E-state index in [9.17, 15) is 0 Å². The first kappa shape index (κ1) is 14.0. The van der Waals surface area contributed by atoms with Crippen molar-refractivity contribution in [1.29, 1.82) is 0 Å². The summed E-state index contributed by atoms with van der Waals surface area (Å²) in [5.74, 6) is 0. The number of hydrogen-bond acceptors (Lipinski definition) is 3. The molecular formula is C16H22N2O. The van der Waals surface area contributed by atoms with Crippen molar-refractivity contribution in [3.8, 4) is 0 Å². The van der Waals surface area contributed by atoms with E-state index in [-0.39, 0.29) is 12.1 Å². The molecule has 0 saturated heterocycles. The molecule has 3 nitrogen and oxygen atoms in total. The summed E-state index contributed by atoms with van der Waals surface area (Å²) in [5, 5.41) is 4.49. The van der Waals surface area contributed by atoms with Crippen molar-refractivity contribution in [2.75, 3.05) is 13.7 Å². The molecule has 1 aromatic carbocycles. The molecule has 0 aliphatic heterocycles. The van der Waals surface area contributed by atoms with Crippen LogP contribution in [0, 0.1) is 6.92 Å². The molecule has 19 heavy (non-hydrogen) atoms. The van der Waals surface area contributed by atoms with Crippen molar-refractivity contribution in [2.24, 2.45) is 0 Å². The Balaban J connectivity index is 2.32. The zero-order valence-corrected chi connectivity index (χ0v) is 12.1. The number of rotatable bonds is 5. The summed E-state index contributed by atoms with van der Waals surface area (Å²) in [4.78, 5) is 4.74. The lowest BCUT2D eigenvalue weighted by molar-refractivity contribution is 0.0619. The van der Waals surface area contributed by atoms with Crippen molar-refractivity contribution in [1.82, 2.24) is 10.3 Å². The predicted molar refractivity (Wildman–Crippen MR) is 79.4 cm³/mol. The maximum absolute atomic E-state index is 5.70. The van der Waals surface area contributed by atoms with Gasteiger partial charge in [0.15, 0.2) is 0 Å². The second kappa shape index (κ2) is 6.13. The van der Waals surface area contributed by atoms with Gasteiger partial charge in [-0.2, -0.15) is 0 Å². The van der Waals surface area contributed by atoms with Crippen LogP contribution in [0.2, 0.25) is 0 Å². The number of ether oxygens (including phenoxy) is 1. The van der Waals surface area contributed by atoms with Gasteiger partial charge in [-0.1, -0.05) is 18.2 Å².